The molecule has 4 heteroatoms. The summed E-state index contributed by atoms with van der Waals surface area (Å²) in [6, 6.07) is 22.1. The maximum atomic E-state index is 12.4. The zero-order valence-corrected chi connectivity index (χ0v) is 16.6. The van der Waals surface area contributed by atoms with Crippen molar-refractivity contribution in [1.29, 1.82) is 0 Å². The molecule has 0 amide bonds. The van der Waals surface area contributed by atoms with Gasteiger partial charge in [0.2, 0.25) is 0 Å². The molecule has 4 nitrogen and oxygen atoms in total. The van der Waals surface area contributed by atoms with Crippen molar-refractivity contribution in [2.24, 2.45) is 0 Å². The molecule has 0 heterocycles. The van der Waals surface area contributed by atoms with Crippen molar-refractivity contribution in [3.63, 3.8) is 0 Å². The number of rotatable bonds is 9. The lowest BCUT2D eigenvalue weighted by atomic mass is 10.0. The summed E-state index contributed by atoms with van der Waals surface area (Å²) in [4.78, 5) is 12.4. The van der Waals surface area contributed by atoms with E-state index in [1.165, 1.54) is 0 Å². The normalized spacial score (nSPS) is 10.7. The quantitative estimate of drug-likeness (QED) is 0.363. The molecule has 0 aliphatic heterocycles. The lowest BCUT2D eigenvalue weighted by molar-refractivity contribution is 0.103. The van der Waals surface area contributed by atoms with Crippen LogP contribution in [0.3, 0.4) is 0 Å². The van der Waals surface area contributed by atoms with Gasteiger partial charge >= 0.3 is 0 Å². The highest BCUT2D eigenvalue weighted by Crippen LogP contribution is 2.28. The van der Waals surface area contributed by atoms with Gasteiger partial charge in [-0.25, -0.2) is 0 Å². The van der Waals surface area contributed by atoms with Crippen LogP contribution in [0, 0.1) is 0 Å². The van der Waals surface area contributed by atoms with Crippen LogP contribution in [-0.2, 0) is 0 Å². The first-order valence-corrected chi connectivity index (χ1v) is 9.47. The monoisotopic (exact) mass is 388 g/mol. The van der Waals surface area contributed by atoms with Gasteiger partial charge in [-0.15, -0.1) is 0 Å². The van der Waals surface area contributed by atoms with Crippen LogP contribution in [0.25, 0.3) is 6.08 Å². The molecule has 3 aromatic rings. The number of methoxy groups -OCH3 is 1. The summed E-state index contributed by atoms with van der Waals surface area (Å²) >= 11 is 0. The largest absolute Gasteiger partial charge is 0.493 e. The maximum absolute atomic E-state index is 12.4. The minimum atomic E-state index is -0.00561. The Morgan fingerprint density at radius 1 is 0.828 bits per heavy atom. The van der Waals surface area contributed by atoms with Crippen molar-refractivity contribution in [3.8, 4) is 17.2 Å². The average molecular weight is 388 g/mol. The van der Waals surface area contributed by atoms with Gasteiger partial charge in [-0.2, -0.15) is 0 Å². The number of carbonyl (C=O) groups is 1. The molecule has 0 bridgehead atoms. The second-order valence-electron chi connectivity index (χ2n) is 6.33. The van der Waals surface area contributed by atoms with Gasteiger partial charge in [0, 0.05) is 11.1 Å². The fourth-order valence-electron chi connectivity index (χ4n) is 2.87. The Morgan fingerprint density at radius 2 is 1.52 bits per heavy atom. The first-order valence-electron chi connectivity index (χ1n) is 9.47. The minimum absolute atomic E-state index is 0.00561. The lowest BCUT2D eigenvalue weighted by Crippen LogP contribution is -2.09. The summed E-state index contributed by atoms with van der Waals surface area (Å²) in [6.45, 7) is 2.73. The van der Waals surface area contributed by atoms with Gasteiger partial charge in [-0.1, -0.05) is 48.6 Å². The summed E-state index contributed by atoms with van der Waals surface area (Å²) in [5.41, 5.74) is 2.35. The van der Waals surface area contributed by atoms with Crippen LogP contribution in [0.1, 0.15) is 28.4 Å². The van der Waals surface area contributed by atoms with E-state index in [2.05, 4.69) is 0 Å². The standard InChI is InChI=1S/C25H24O4/c1-3-7-19-10-15-23(24(18-19)27-2)29-17-16-28-22-13-11-21(12-14-22)25(26)20-8-5-4-6-9-20/h3-15,18H,16-17H2,1-2H3/b7-3+. The number of benzene rings is 3. The van der Waals surface area contributed by atoms with Crippen molar-refractivity contribution >= 4 is 11.9 Å². The SMILES string of the molecule is C/C=C/c1ccc(OCCOc2ccc(C(=O)c3ccccc3)cc2)c(OC)c1. The number of allylic oxidation sites excluding steroid dienone is 1. The van der Waals surface area contributed by atoms with Crippen molar-refractivity contribution in [3.05, 3.63) is 95.6 Å². The molecule has 0 aliphatic carbocycles. The highest BCUT2D eigenvalue weighted by atomic mass is 16.5. The molecule has 3 rings (SSSR count). The maximum Gasteiger partial charge on any atom is 0.193 e. The highest BCUT2D eigenvalue weighted by Gasteiger charge is 2.09. The third-order valence-corrected chi connectivity index (χ3v) is 4.31. The van der Waals surface area contributed by atoms with Crippen LogP contribution < -0.4 is 14.2 Å². The van der Waals surface area contributed by atoms with Gasteiger partial charge in [0.15, 0.2) is 17.3 Å². The third kappa shape index (κ3) is 5.48. The molecule has 3 aromatic carbocycles. The van der Waals surface area contributed by atoms with E-state index in [0.717, 1.165) is 5.56 Å². The van der Waals surface area contributed by atoms with E-state index in [1.54, 1.807) is 31.4 Å². The Hall–Kier alpha value is -3.53. The number of hydrogen-bond donors (Lipinski definition) is 0. The highest BCUT2D eigenvalue weighted by molar-refractivity contribution is 6.08. The van der Waals surface area contributed by atoms with E-state index < -0.39 is 0 Å². The minimum Gasteiger partial charge on any atom is -0.493 e. The summed E-state index contributed by atoms with van der Waals surface area (Å²) in [6.07, 6.45) is 3.98. The zero-order chi connectivity index (χ0) is 20.5. The van der Waals surface area contributed by atoms with E-state index in [4.69, 9.17) is 14.2 Å². The Labute approximate surface area is 171 Å². The summed E-state index contributed by atoms with van der Waals surface area (Å²) in [7, 11) is 1.62. The van der Waals surface area contributed by atoms with Crippen molar-refractivity contribution in [2.45, 2.75) is 6.92 Å². The third-order valence-electron chi connectivity index (χ3n) is 4.31. The van der Waals surface area contributed by atoms with Crippen molar-refractivity contribution < 1.29 is 19.0 Å². The molecule has 0 aromatic heterocycles. The van der Waals surface area contributed by atoms with Gasteiger partial charge in [-0.05, 0) is 48.9 Å². The predicted molar refractivity (Wildman–Crippen MR) is 115 cm³/mol. The van der Waals surface area contributed by atoms with Crippen LogP contribution in [0.15, 0.2) is 78.9 Å². The molecular formula is C25H24O4. The lowest BCUT2D eigenvalue weighted by Gasteiger charge is -2.12. The van der Waals surface area contributed by atoms with Gasteiger partial charge in [0.25, 0.3) is 0 Å². The molecule has 0 radical (unpaired) electrons. The number of ether oxygens (including phenoxy) is 3. The molecule has 0 unspecified atom stereocenters. The average Bonchev–Trinajstić information content (AvgIpc) is 2.78. The molecule has 0 spiro atoms. The van der Waals surface area contributed by atoms with Crippen molar-refractivity contribution in [2.75, 3.05) is 20.3 Å². The van der Waals surface area contributed by atoms with E-state index in [-0.39, 0.29) is 5.78 Å². The Balaban J connectivity index is 1.52. The summed E-state index contributed by atoms with van der Waals surface area (Å²) < 4.78 is 16.9. The van der Waals surface area contributed by atoms with E-state index in [1.807, 2.05) is 67.6 Å². The molecule has 0 N–H and O–H groups in total. The van der Waals surface area contributed by atoms with Gasteiger partial charge in [0.1, 0.15) is 19.0 Å². The van der Waals surface area contributed by atoms with Gasteiger partial charge in [0.05, 0.1) is 7.11 Å². The summed E-state index contributed by atoms with van der Waals surface area (Å²) in [5.74, 6) is 2.04. The van der Waals surface area contributed by atoms with Crippen molar-refractivity contribution in [1.82, 2.24) is 0 Å². The molecule has 0 saturated heterocycles. The Bertz CT molecular complexity index is 960. The number of hydrogen-bond acceptors (Lipinski definition) is 4. The second-order valence-corrected chi connectivity index (χ2v) is 6.33. The molecular weight excluding hydrogens is 364 g/mol. The molecule has 148 valence electrons. The molecule has 0 saturated carbocycles. The topological polar surface area (TPSA) is 44.8 Å². The predicted octanol–water partition coefficient (Wildman–Crippen LogP) is 5.42. The van der Waals surface area contributed by atoms with Gasteiger partial charge in [-0.3, -0.25) is 4.79 Å². The number of ketones is 1. The molecule has 0 fully saturated rings. The van der Waals surface area contributed by atoms with E-state index in [0.29, 0.717) is 41.6 Å². The Kier molecular flexibility index (Phi) is 7.06. The van der Waals surface area contributed by atoms with Crippen LogP contribution in [0.5, 0.6) is 17.2 Å². The van der Waals surface area contributed by atoms with Gasteiger partial charge < -0.3 is 14.2 Å². The first kappa shape index (κ1) is 20.2. The fraction of sp³-hybridized carbons (Fsp3) is 0.160. The molecule has 0 aliphatic rings. The van der Waals surface area contributed by atoms with Crippen LogP contribution in [-0.4, -0.2) is 26.1 Å². The zero-order valence-electron chi connectivity index (χ0n) is 16.6. The first-order chi connectivity index (χ1) is 14.2. The van der Waals surface area contributed by atoms with Crippen LogP contribution in [0.2, 0.25) is 0 Å². The van der Waals surface area contributed by atoms with Crippen LogP contribution in [0.4, 0.5) is 0 Å². The second kappa shape index (κ2) is 10.1. The molecule has 29 heavy (non-hydrogen) atoms. The Morgan fingerprint density at radius 3 is 2.21 bits per heavy atom. The van der Waals surface area contributed by atoms with E-state index >= 15 is 0 Å². The number of carbonyl (C=O) groups excluding carboxylic acids is 1. The fourth-order valence-corrected chi connectivity index (χ4v) is 2.87. The smallest absolute Gasteiger partial charge is 0.193 e. The molecule has 0 atom stereocenters. The van der Waals surface area contributed by atoms with E-state index in [9.17, 15) is 4.79 Å². The van der Waals surface area contributed by atoms with Crippen LogP contribution >= 0.6 is 0 Å². The summed E-state index contributed by atoms with van der Waals surface area (Å²) in [5, 5.41) is 0.